The number of fused-ring (bicyclic) bond motifs is 2. The monoisotopic (exact) mass is 338 g/mol. The molecule has 130 valence electrons. The molecule has 4 rings (SSSR count). The zero-order valence-electron chi connectivity index (χ0n) is 16.0. The molecule has 0 saturated heterocycles. The molecule has 0 spiro atoms. The molecule has 0 aromatic heterocycles. The molecular weight excluding hydrogens is 312 g/mol. The average molecular weight is 338 g/mol. The number of hydrogen-bond donors (Lipinski definition) is 0. The van der Waals surface area contributed by atoms with E-state index in [1.807, 2.05) is 0 Å². The molecule has 0 unspecified atom stereocenters. The van der Waals surface area contributed by atoms with Crippen molar-refractivity contribution in [1.82, 2.24) is 0 Å². The van der Waals surface area contributed by atoms with Crippen LogP contribution in [0.1, 0.15) is 60.1 Å². The van der Waals surface area contributed by atoms with Crippen molar-refractivity contribution in [3.05, 3.63) is 99.7 Å². The molecule has 0 saturated carbocycles. The second-order valence-corrected chi connectivity index (χ2v) is 7.93. The minimum absolute atomic E-state index is 0.589. The largest absolute Gasteiger partial charge is 0.0955 e. The maximum atomic E-state index is 4.05. The fourth-order valence-electron chi connectivity index (χ4n) is 3.80. The van der Waals surface area contributed by atoms with E-state index in [4.69, 9.17) is 0 Å². The van der Waals surface area contributed by atoms with Crippen LogP contribution < -0.4 is 0 Å². The minimum Gasteiger partial charge on any atom is -0.0955 e. The summed E-state index contributed by atoms with van der Waals surface area (Å²) < 4.78 is 0. The van der Waals surface area contributed by atoms with Crippen LogP contribution in [0, 0.1) is 0 Å². The molecule has 0 radical (unpaired) electrons. The molecule has 0 atom stereocenters. The second-order valence-electron chi connectivity index (χ2n) is 7.93. The molecule has 26 heavy (non-hydrogen) atoms. The molecule has 0 heteroatoms. The minimum atomic E-state index is 0.589. The van der Waals surface area contributed by atoms with Crippen molar-refractivity contribution in [1.29, 1.82) is 0 Å². The average Bonchev–Trinajstić information content (AvgIpc) is 3.21. The fourth-order valence-corrected chi connectivity index (χ4v) is 3.80. The van der Waals surface area contributed by atoms with E-state index in [1.165, 1.54) is 44.5 Å². The van der Waals surface area contributed by atoms with Crippen LogP contribution in [0.3, 0.4) is 0 Å². The van der Waals surface area contributed by atoms with Crippen LogP contribution in [0.2, 0.25) is 0 Å². The van der Waals surface area contributed by atoms with E-state index in [-0.39, 0.29) is 0 Å². The molecule has 0 N–H and O–H groups in total. The van der Waals surface area contributed by atoms with E-state index in [9.17, 15) is 0 Å². The van der Waals surface area contributed by atoms with Gasteiger partial charge in [0.15, 0.2) is 0 Å². The van der Waals surface area contributed by atoms with E-state index >= 15 is 0 Å². The van der Waals surface area contributed by atoms with Gasteiger partial charge in [-0.25, -0.2) is 0 Å². The Morgan fingerprint density at radius 2 is 1.58 bits per heavy atom. The zero-order chi connectivity index (χ0) is 18.3. The molecule has 0 nitrogen and oxygen atoms in total. The highest BCUT2D eigenvalue weighted by Crippen LogP contribution is 2.31. The molecule has 2 aromatic carbocycles. The second kappa shape index (κ2) is 6.61. The van der Waals surface area contributed by atoms with Gasteiger partial charge in [-0.15, -0.1) is 0 Å². The lowest BCUT2D eigenvalue weighted by molar-refractivity contribution is 0.864. The summed E-state index contributed by atoms with van der Waals surface area (Å²) in [6.45, 7) is 10.6. The summed E-state index contributed by atoms with van der Waals surface area (Å²) in [5.74, 6) is 0.589. The third-order valence-corrected chi connectivity index (χ3v) is 5.45. The van der Waals surface area contributed by atoms with E-state index < -0.39 is 0 Å². The van der Waals surface area contributed by atoms with Crippen LogP contribution in [0.25, 0.3) is 17.7 Å². The summed E-state index contributed by atoms with van der Waals surface area (Å²) in [7, 11) is 0. The van der Waals surface area contributed by atoms with Crippen molar-refractivity contribution in [2.75, 3.05) is 0 Å². The Morgan fingerprint density at radius 3 is 2.27 bits per heavy atom. The first-order valence-electron chi connectivity index (χ1n) is 9.50. The van der Waals surface area contributed by atoms with Crippen LogP contribution in [0.15, 0.2) is 66.3 Å². The van der Waals surface area contributed by atoms with Gasteiger partial charge in [0.05, 0.1) is 0 Å². The van der Waals surface area contributed by atoms with Gasteiger partial charge in [-0.2, -0.15) is 0 Å². The first kappa shape index (κ1) is 16.8. The lowest BCUT2D eigenvalue weighted by Gasteiger charge is -2.07. The Hall–Kier alpha value is -2.60. The fraction of sp³-hybridized carbons (Fsp3) is 0.231. The molecule has 0 amide bonds. The van der Waals surface area contributed by atoms with Crippen LogP contribution in [-0.4, -0.2) is 0 Å². The van der Waals surface area contributed by atoms with Crippen molar-refractivity contribution in [3.63, 3.8) is 0 Å². The highest BCUT2D eigenvalue weighted by molar-refractivity contribution is 5.73. The van der Waals surface area contributed by atoms with Crippen molar-refractivity contribution in [2.45, 2.75) is 39.5 Å². The van der Waals surface area contributed by atoms with Gasteiger partial charge >= 0.3 is 0 Å². The molecule has 2 aromatic rings. The maximum Gasteiger partial charge on any atom is -0.00195 e. The van der Waals surface area contributed by atoms with Crippen molar-refractivity contribution < 1.29 is 0 Å². The van der Waals surface area contributed by atoms with Crippen LogP contribution in [0.5, 0.6) is 0 Å². The van der Waals surface area contributed by atoms with Gasteiger partial charge < -0.3 is 0 Å². The first-order chi connectivity index (χ1) is 12.5. The predicted molar refractivity (Wildman–Crippen MR) is 114 cm³/mol. The highest BCUT2D eigenvalue weighted by Gasteiger charge is 2.14. The van der Waals surface area contributed by atoms with Crippen molar-refractivity contribution in [3.8, 4) is 0 Å². The number of benzene rings is 2. The third kappa shape index (κ3) is 3.24. The maximum absolute atomic E-state index is 4.05. The Balaban J connectivity index is 1.49. The lowest BCUT2D eigenvalue weighted by Crippen LogP contribution is -1.91. The van der Waals surface area contributed by atoms with Crippen LogP contribution in [0.4, 0.5) is 0 Å². The summed E-state index contributed by atoms with van der Waals surface area (Å²) in [5, 5.41) is 0. The normalized spacial score (nSPS) is 15.2. The number of hydrogen-bond acceptors (Lipinski definition) is 0. The van der Waals surface area contributed by atoms with Gasteiger partial charge in [-0.05, 0) is 76.3 Å². The van der Waals surface area contributed by atoms with Crippen molar-refractivity contribution >= 4 is 17.7 Å². The first-order valence-corrected chi connectivity index (χ1v) is 9.50. The van der Waals surface area contributed by atoms with Gasteiger partial charge in [0.1, 0.15) is 0 Å². The summed E-state index contributed by atoms with van der Waals surface area (Å²) in [4.78, 5) is 0. The lowest BCUT2D eigenvalue weighted by atomic mass is 9.98. The molecular formula is C26H26. The summed E-state index contributed by atoms with van der Waals surface area (Å²) in [6, 6.07) is 13.6. The summed E-state index contributed by atoms with van der Waals surface area (Å²) in [6.07, 6.45) is 11.3. The molecule has 2 aliphatic rings. The van der Waals surface area contributed by atoms with E-state index in [0.717, 1.165) is 18.4 Å². The zero-order valence-corrected chi connectivity index (χ0v) is 16.0. The Bertz CT molecular complexity index is 977. The van der Waals surface area contributed by atoms with Gasteiger partial charge in [0.2, 0.25) is 0 Å². The molecule has 2 aliphatic carbocycles. The van der Waals surface area contributed by atoms with E-state index in [1.54, 1.807) is 0 Å². The smallest absolute Gasteiger partial charge is 0.00195 e. The van der Waals surface area contributed by atoms with Gasteiger partial charge in [-0.1, -0.05) is 80.6 Å². The van der Waals surface area contributed by atoms with Crippen LogP contribution >= 0.6 is 0 Å². The van der Waals surface area contributed by atoms with Gasteiger partial charge in [0.25, 0.3) is 0 Å². The number of allylic oxidation sites excluding steroid dienone is 5. The Kier molecular flexibility index (Phi) is 4.28. The molecule has 0 heterocycles. The van der Waals surface area contributed by atoms with E-state index in [2.05, 4.69) is 88.1 Å². The Morgan fingerprint density at radius 1 is 0.885 bits per heavy atom. The summed E-state index contributed by atoms with van der Waals surface area (Å²) in [5.41, 5.74) is 12.2. The third-order valence-electron chi connectivity index (χ3n) is 5.45. The summed E-state index contributed by atoms with van der Waals surface area (Å²) >= 11 is 0. The predicted octanol–water partition coefficient (Wildman–Crippen LogP) is 6.98. The number of rotatable bonds is 4. The van der Waals surface area contributed by atoms with Gasteiger partial charge in [-0.3, -0.25) is 0 Å². The molecule has 0 aliphatic heterocycles. The van der Waals surface area contributed by atoms with E-state index in [0.29, 0.717) is 5.92 Å². The van der Waals surface area contributed by atoms with Crippen molar-refractivity contribution in [2.24, 2.45) is 0 Å². The van der Waals surface area contributed by atoms with Gasteiger partial charge in [0, 0.05) is 0 Å². The highest BCUT2D eigenvalue weighted by atomic mass is 14.2. The SMILES string of the molecule is C=C(C)c1ccc2c(c1)C=C(/C=C/C1=Cc3ccc(C(C)C)cc3C1)C2. The molecule has 0 fully saturated rings. The van der Waals surface area contributed by atoms with Crippen LogP contribution in [-0.2, 0) is 12.8 Å². The standard InChI is InChI=1S/C26H26/c1-17(2)21-7-9-23-11-19(13-25(23)15-21)5-6-20-12-24-10-8-22(18(3)4)16-26(24)14-20/h5-10,12-13,15-16,18H,1,11,14H2,2-4H3/b6-5+. The topological polar surface area (TPSA) is 0 Å². The Labute approximate surface area is 157 Å². The molecule has 0 bridgehead atoms. The quantitative estimate of drug-likeness (QED) is 0.564.